The minimum atomic E-state index is -0.374. The first-order valence-electron chi connectivity index (χ1n) is 5.02. The first-order chi connectivity index (χ1) is 7.44. The molecule has 0 aliphatic carbocycles. The summed E-state index contributed by atoms with van der Waals surface area (Å²) >= 11 is 5.63. The number of carbonyl (C=O) groups is 1. The zero-order valence-electron chi connectivity index (χ0n) is 9.34. The van der Waals surface area contributed by atoms with Crippen LogP contribution in [-0.2, 0) is 0 Å². The highest BCUT2D eigenvalue weighted by Gasteiger charge is 2.20. The monoisotopic (exact) mass is 242 g/mol. The van der Waals surface area contributed by atoms with Gasteiger partial charge in [-0.3, -0.25) is 9.59 Å². The molecule has 0 atom stereocenters. The van der Waals surface area contributed by atoms with Crippen LogP contribution in [0.2, 0.25) is 0 Å². The number of rotatable bonds is 4. The molecule has 0 fully saturated rings. The number of H-pyrrole nitrogens is 1. The van der Waals surface area contributed by atoms with Crippen LogP contribution in [0, 0.1) is 0 Å². The third-order valence-corrected chi connectivity index (χ3v) is 2.40. The van der Waals surface area contributed by atoms with Crippen molar-refractivity contribution in [3.8, 4) is 0 Å². The van der Waals surface area contributed by atoms with Gasteiger partial charge in [0, 0.05) is 29.2 Å². The molecule has 1 aromatic rings. The Balaban J connectivity index is 2.76. The van der Waals surface area contributed by atoms with E-state index in [0.29, 0.717) is 17.9 Å². The average Bonchev–Trinajstić information content (AvgIpc) is 2.16. The zero-order valence-corrected chi connectivity index (χ0v) is 10.1. The number of hydrogen-bond donors (Lipinski definition) is 2. The van der Waals surface area contributed by atoms with Crippen molar-refractivity contribution < 1.29 is 4.79 Å². The van der Waals surface area contributed by atoms with E-state index in [0.717, 1.165) is 0 Å². The molecule has 0 radical (unpaired) electrons. The quantitative estimate of drug-likeness (QED) is 0.787. The van der Waals surface area contributed by atoms with E-state index in [9.17, 15) is 9.59 Å². The number of halogens is 1. The molecule has 0 saturated carbocycles. The summed E-state index contributed by atoms with van der Waals surface area (Å²) in [7, 11) is 0. The van der Waals surface area contributed by atoms with E-state index in [1.54, 1.807) is 6.07 Å². The Hall–Kier alpha value is -1.29. The largest absolute Gasteiger partial charge is 0.347 e. The van der Waals surface area contributed by atoms with Gasteiger partial charge in [-0.15, -0.1) is 11.6 Å². The molecule has 1 heterocycles. The van der Waals surface area contributed by atoms with Crippen molar-refractivity contribution in [3.63, 3.8) is 0 Å². The molecule has 1 rings (SSSR count). The van der Waals surface area contributed by atoms with Crippen molar-refractivity contribution in [2.24, 2.45) is 0 Å². The Labute approximate surface area is 99.0 Å². The van der Waals surface area contributed by atoms with Gasteiger partial charge in [-0.2, -0.15) is 0 Å². The van der Waals surface area contributed by atoms with Gasteiger partial charge >= 0.3 is 0 Å². The lowest BCUT2D eigenvalue weighted by molar-refractivity contribution is 0.0911. The van der Waals surface area contributed by atoms with Crippen LogP contribution in [-0.4, -0.2) is 22.3 Å². The zero-order chi connectivity index (χ0) is 12.2. The number of pyridine rings is 1. The lowest BCUT2D eigenvalue weighted by atomic mass is 10.0. The summed E-state index contributed by atoms with van der Waals surface area (Å²) in [5.41, 5.74) is -0.310. The van der Waals surface area contributed by atoms with Crippen molar-refractivity contribution in [1.29, 1.82) is 0 Å². The molecule has 1 amide bonds. The van der Waals surface area contributed by atoms with Crippen molar-refractivity contribution in [1.82, 2.24) is 10.3 Å². The molecule has 1 aromatic heterocycles. The second kappa shape index (κ2) is 5.16. The highest BCUT2D eigenvalue weighted by Crippen LogP contribution is 2.10. The molecular weight excluding hydrogens is 228 g/mol. The maximum atomic E-state index is 11.8. The molecule has 0 unspecified atom stereocenters. The third kappa shape index (κ3) is 3.70. The second-order valence-corrected chi connectivity index (χ2v) is 4.60. The van der Waals surface area contributed by atoms with E-state index >= 15 is 0 Å². The van der Waals surface area contributed by atoms with E-state index in [4.69, 9.17) is 11.6 Å². The lowest BCUT2D eigenvalue weighted by Crippen LogP contribution is -2.43. The highest BCUT2D eigenvalue weighted by atomic mass is 35.5. The van der Waals surface area contributed by atoms with Gasteiger partial charge in [0.1, 0.15) is 0 Å². The van der Waals surface area contributed by atoms with Gasteiger partial charge in [0.05, 0.1) is 0 Å². The van der Waals surface area contributed by atoms with E-state index in [-0.39, 0.29) is 17.0 Å². The number of alkyl halides is 1. The molecule has 4 nitrogen and oxygen atoms in total. The fraction of sp³-hybridized carbons (Fsp3) is 0.455. The van der Waals surface area contributed by atoms with Gasteiger partial charge in [0.2, 0.25) is 5.56 Å². The van der Waals surface area contributed by atoms with Crippen molar-refractivity contribution in [2.75, 3.05) is 5.88 Å². The van der Waals surface area contributed by atoms with Gasteiger partial charge in [-0.1, -0.05) is 0 Å². The van der Waals surface area contributed by atoms with Crippen molar-refractivity contribution in [3.05, 3.63) is 34.2 Å². The number of amides is 1. The fourth-order valence-corrected chi connectivity index (χ4v) is 1.74. The molecule has 0 saturated heterocycles. The minimum Gasteiger partial charge on any atom is -0.347 e. The average molecular weight is 243 g/mol. The Morgan fingerprint density at radius 2 is 2.25 bits per heavy atom. The summed E-state index contributed by atoms with van der Waals surface area (Å²) in [5.74, 6) is 0.212. The molecule has 0 aliphatic heterocycles. The van der Waals surface area contributed by atoms with Crippen molar-refractivity contribution in [2.45, 2.75) is 25.8 Å². The summed E-state index contributed by atoms with van der Waals surface area (Å²) in [6.07, 6.45) is 2.12. The van der Waals surface area contributed by atoms with E-state index < -0.39 is 0 Å². The Bertz CT molecular complexity index is 426. The number of nitrogens with one attached hydrogen (secondary N) is 2. The summed E-state index contributed by atoms with van der Waals surface area (Å²) in [6.45, 7) is 3.78. The molecule has 5 heteroatoms. The lowest BCUT2D eigenvalue weighted by Gasteiger charge is -2.25. The van der Waals surface area contributed by atoms with Crippen LogP contribution in [0.25, 0.3) is 0 Å². The van der Waals surface area contributed by atoms with Gasteiger partial charge in [0.25, 0.3) is 5.91 Å². The van der Waals surface area contributed by atoms with Crippen LogP contribution >= 0.6 is 11.6 Å². The molecule has 0 aromatic carbocycles. The Morgan fingerprint density at radius 1 is 1.56 bits per heavy atom. The van der Waals surface area contributed by atoms with E-state index in [1.807, 2.05) is 13.8 Å². The summed E-state index contributed by atoms with van der Waals surface area (Å²) in [5, 5.41) is 2.82. The summed E-state index contributed by atoms with van der Waals surface area (Å²) < 4.78 is 0. The first-order valence-corrected chi connectivity index (χ1v) is 5.55. The number of hydrogen-bond acceptors (Lipinski definition) is 2. The molecular formula is C11H15ClN2O2. The van der Waals surface area contributed by atoms with Crippen LogP contribution in [0.15, 0.2) is 23.1 Å². The highest BCUT2D eigenvalue weighted by molar-refractivity contribution is 6.17. The SMILES string of the molecule is CC(C)(CCCl)NC(=O)c1cc[nH]c(=O)c1. The Kier molecular flexibility index (Phi) is 4.12. The maximum Gasteiger partial charge on any atom is 0.251 e. The van der Waals surface area contributed by atoms with Gasteiger partial charge in [-0.05, 0) is 26.3 Å². The number of carbonyl (C=O) groups excluding carboxylic acids is 1. The number of aromatic amines is 1. The van der Waals surface area contributed by atoms with Crippen LogP contribution in [0.3, 0.4) is 0 Å². The maximum absolute atomic E-state index is 11.8. The minimum absolute atomic E-state index is 0.263. The molecule has 16 heavy (non-hydrogen) atoms. The predicted molar refractivity (Wildman–Crippen MR) is 63.9 cm³/mol. The van der Waals surface area contributed by atoms with Crippen LogP contribution in [0.4, 0.5) is 0 Å². The Morgan fingerprint density at radius 3 is 2.81 bits per heavy atom. The van der Waals surface area contributed by atoms with Crippen LogP contribution in [0.1, 0.15) is 30.6 Å². The van der Waals surface area contributed by atoms with Crippen LogP contribution < -0.4 is 10.9 Å². The molecule has 0 bridgehead atoms. The number of aromatic nitrogens is 1. The molecule has 2 N–H and O–H groups in total. The summed E-state index contributed by atoms with van der Waals surface area (Å²) in [4.78, 5) is 25.3. The fourth-order valence-electron chi connectivity index (χ4n) is 1.26. The normalized spacial score (nSPS) is 11.2. The van der Waals surface area contributed by atoms with Gasteiger partial charge in [-0.25, -0.2) is 0 Å². The molecule has 0 spiro atoms. The van der Waals surface area contributed by atoms with Crippen molar-refractivity contribution >= 4 is 17.5 Å². The topological polar surface area (TPSA) is 62.0 Å². The van der Waals surface area contributed by atoms with Crippen LogP contribution in [0.5, 0.6) is 0 Å². The molecule has 0 aliphatic rings. The summed E-state index contributed by atoms with van der Waals surface area (Å²) in [6, 6.07) is 2.83. The van der Waals surface area contributed by atoms with Gasteiger partial charge in [0.15, 0.2) is 0 Å². The van der Waals surface area contributed by atoms with Gasteiger partial charge < -0.3 is 10.3 Å². The third-order valence-electron chi connectivity index (χ3n) is 2.21. The second-order valence-electron chi connectivity index (χ2n) is 4.22. The standard InChI is InChI=1S/C11H15ClN2O2/c1-11(2,4-5-12)14-10(16)8-3-6-13-9(15)7-8/h3,6-7H,4-5H2,1-2H3,(H,13,15)(H,14,16). The van der Waals surface area contributed by atoms with E-state index in [2.05, 4.69) is 10.3 Å². The smallest absolute Gasteiger partial charge is 0.251 e. The van der Waals surface area contributed by atoms with E-state index in [1.165, 1.54) is 12.3 Å². The molecule has 88 valence electrons. The predicted octanol–water partition coefficient (Wildman–Crippen LogP) is 1.51. The first kappa shape index (κ1) is 12.8.